The summed E-state index contributed by atoms with van der Waals surface area (Å²) in [5.41, 5.74) is 3.11. The summed E-state index contributed by atoms with van der Waals surface area (Å²) in [7, 11) is 3.72. The van der Waals surface area contributed by atoms with Gasteiger partial charge in [-0.3, -0.25) is 10.1 Å². The minimum Gasteiger partial charge on any atom is -0.335 e. The van der Waals surface area contributed by atoms with Gasteiger partial charge in [-0.2, -0.15) is 5.10 Å². The lowest BCUT2D eigenvalue weighted by atomic mass is 10.2. The van der Waals surface area contributed by atoms with Crippen LogP contribution in [0.1, 0.15) is 30.3 Å². The molecule has 2 heterocycles. The fourth-order valence-corrected chi connectivity index (χ4v) is 3.15. The average molecular weight is 326 g/mol. The van der Waals surface area contributed by atoms with E-state index in [4.69, 9.17) is 4.98 Å². The number of rotatable bonds is 4. The highest BCUT2D eigenvalue weighted by Gasteiger charge is 2.29. The Hall–Kier alpha value is -2.90. The zero-order valence-electron chi connectivity index (χ0n) is 13.8. The number of nitro groups is 1. The number of nitrogens with one attached hydrogen (secondary N) is 1. The lowest BCUT2D eigenvalue weighted by molar-refractivity contribution is -0.384. The van der Waals surface area contributed by atoms with Crippen molar-refractivity contribution in [3.63, 3.8) is 0 Å². The standard InChI is InChI=1S/C16H18N6O2/c1-9-14(22(23)24)16(21(3)19-9)17-11-6-7-13-12(8-11)18-15(20(13)2)10-4-5-10/h6-8,10,17H,4-5H2,1-3H3. The largest absolute Gasteiger partial charge is 0.335 e. The number of hydrogen-bond donors (Lipinski definition) is 1. The molecule has 8 heteroatoms. The number of anilines is 2. The maximum absolute atomic E-state index is 11.3. The molecule has 1 aliphatic carbocycles. The monoisotopic (exact) mass is 326 g/mol. The Labute approximate surface area is 138 Å². The van der Waals surface area contributed by atoms with E-state index in [0.717, 1.165) is 22.5 Å². The summed E-state index contributed by atoms with van der Waals surface area (Å²) in [6, 6.07) is 5.83. The molecule has 1 aliphatic rings. The second-order valence-electron chi connectivity index (χ2n) is 6.30. The van der Waals surface area contributed by atoms with Crippen LogP contribution in [0.4, 0.5) is 17.2 Å². The molecule has 0 aliphatic heterocycles. The Morgan fingerprint density at radius 3 is 2.75 bits per heavy atom. The number of imidazole rings is 1. The first kappa shape index (κ1) is 14.7. The van der Waals surface area contributed by atoms with E-state index < -0.39 is 4.92 Å². The molecular weight excluding hydrogens is 308 g/mol. The van der Waals surface area contributed by atoms with Gasteiger partial charge in [-0.25, -0.2) is 9.67 Å². The van der Waals surface area contributed by atoms with E-state index in [1.807, 2.05) is 25.2 Å². The van der Waals surface area contributed by atoms with Gasteiger partial charge in [-0.05, 0) is 38.0 Å². The van der Waals surface area contributed by atoms with E-state index in [-0.39, 0.29) is 5.69 Å². The topological polar surface area (TPSA) is 90.8 Å². The molecule has 124 valence electrons. The molecule has 0 atom stereocenters. The highest BCUT2D eigenvalue weighted by molar-refractivity contribution is 5.82. The number of benzene rings is 1. The average Bonchev–Trinajstić information content (AvgIpc) is 3.25. The van der Waals surface area contributed by atoms with E-state index in [9.17, 15) is 10.1 Å². The van der Waals surface area contributed by atoms with Gasteiger partial charge >= 0.3 is 5.69 Å². The minimum atomic E-state index is -0.408. The molecule has 3 aromatic rings. The summed E-state index contributed by atoms with van der Waals surface area (Å²) in [5, 5.41) is 18.5. The lowest BCUT2D eigenvalue weighted by Crippen LogP contribution is -2.01. The highest BCUT2D eigenvalue weighted by atomic mass is 16.6. The maximum atomic E-state index is 11.3. The molecular formula is C16H18N6O2. The summed E-state index contributed by atoms with van der Waals surface area (Å²) in [5.74, 6) is 2.05. The van der Waals surface area contributed by atoms with Crippen molar-refractivity contribution in [2.24, 2.45) is 14.1 Å². The predicted octanol–water partition coefficient (Wildman–Crippen LogP) is 3.14. The predicted molar refractivity (Wildman–Crippen MR) is 90.6 cm³/mol. The SMILES string of the molecule is Cc1nn(C)c(Nc2ccc3c(c2)nc(C2CC2)n3C)c1[N+](=O)[O-]. The molecule has 0 unspecified atom stereocenters. The molecule has 0 spiro atoms. The molecule has 4 rings (SSSR count). The van der Waals surface area contributed by atoms with E-state index in [2.05, 4.69) is 15.0 Å². The van der Waals surface area contributed by atoms with Crippen LogP contribution in [-0.4, -0.2) is 24.3 Å². The van der Waals surface area contributed by atoms with Crippen LogP contribution < -0.4 is 5.32 Å². The molecule has 8 nitrogen and oxygen atoms in total. The number of aromatic nitrogens is 4. The molecule has 1 N–H and O–H groups in total. The van der Waals surface area contributed by atoms with Crippen LogP contribution in [0.5, 0.6) is 0 Å². The highest BCUT2D eigenvalue weighted by Crippen LogP contribution is 2.40. The summed E-state index contributed by atoms with van der Waals surface area (Å²) >= 11 is 0. The third-order valence-corrected chi connectivity index (χ3v) is 4.49. The summed E-state index contributed by atoms with van der Waals surface area (Å²) in [4.78, 5) is 15.6. The van der Waals surface area contributed by atoms with Crippen LogP contribution in [0.2, 0.25) is 0 Å². The van der Waals surface area contributed by atoms with Gasteiger partial charge in [0.1, 0.15) is 11.5 Å². The van der Waals surface area contributed by atoms with Gasteiger partial charge in [0.05, 0.1) is 16.0 Å². The van der Waals surface area contributed by atoms with E-state index in [1.54, 1.807) is 14.0 Å². The van der Waals surface area contributed by atoms with Crippen LogP contribution in [-0.2, 0) is 14.1 Å². The molecule has 2 aromatic heterocycles. The van der Waals surface area contributed by atoms with Crippen molar-refractivity contribution in [3.05, 3.63) is 39.8 Å². The molecule has 1 aromatic carbocycles. The number of fused-ring (bicyclic) bond motifs is 1. The van der Waals surface area contributed by atoms with E-state index >= 15 is 0 Å². The Morgan fingerprint density at radius 1 is 1.33 bits per heavy atom. The summed E-state index contributed by atoms with van der Waals surface area (Å²) in [6.07, 6.45) is 2.39. The van der Waals surface area contributed by atoms with E-state index in [1.165, 1.54) is 17.5 Å². The fraction of sp³-hybridized carbons (Fsp3) is 0.375. The van der Waals surface area contributed by atoms with Crippen LogP contribution in [0.25, 0.3) is 11.0 Å². The second kappa shape index (κ2) is 5.05. The smallest absolute Gasteiger partial charge is 0.334 e. The van der Waals surface area contributed by atoms with Crippen molar-refractivity contribution in [2.45, 2.75) is 25.7 Å². The lowest BCUT2D eigenvalue weighted by Gasteiger charge is -2.06. The van der Waals surface area contributed by atoms with Gasteiger partial charge in [0.2, 0.25) is 5.82 Å². The Balaban J connectivity index is 1.74. The van der Waals surface area contributed by atoms with Crippen molar-refractivity contribution < 1.29 is 4.92 Å². The Kier molecular flexibility index (Phi) is 3.09. The quantitative estimate of drug-likeness (QED) is 0.587. The third kappa shape index (κ3) is 2.22. The first-order chi connectivity index (χ1) is 11.5. The van der Waals surface area contributed by atoms with Crippen LogP contribution >= 0.6 is 0 Å². The number of nitrogens with zero attached hydrogens (tertiary/aromatic N) is 5. The Morgan fingerprint density at radius 2 is 2.08 bits per heavy atom. The normalized spacial score (nSPS) is 14.3. The van der Waals surface area contributed by atoms with Gasteiger partial charge in [-0.1, -0.05) is 0 Å². The van der Waals surface area contributed by atoms with Crippen molar-refractivity contribution in [1.82, 2.24) is 19.3 Å². The van der Waals surface area contributed by atoms with Crippen molar-refractivity contribution in [1.29, 1.82) is 0 Å². The number of hydrogen-bond acceptors (Lipinski definition) is 5. The summed E-state index contributed by atoms with van der Waals surface area (Å²) in [6.45, 7) is 1.63. The molecule has 0 bridgehead atoms. The van der Waals surface area contributed by atoms with Gasteiger partial charge in [0.25, 0.3) is 0 Å². The first-order valence-electron chi connectivity index (χ1n) is 7.87. The minimum absolute atomic E-state index is 0.00251. The fourth-order valence-electron chi connectivity index (χ4n) is 3.15. The van der Waals surface area contributed by atoms with Gasteiger partial charge in [0, 0.05) is 25.7 Å². The zero-order chi connectivity index (χ0) is 17.0. The van der Waals surface area contributed by atoms with Crippen molar-refractivity contribution in [3.8, 4) is 0 Å². The Bertz CT molecular complexity index is 967. The maximum Gasteiger partial charge on any atom is 0.334 e. The first-order valence-corrected chi connectivity index (χ1v) is 7.87. The molecule has 0 amide bonds. The molecule has 0 radical (unpaired) electrons. The van der Waals surface area contributed by atoms with Crippen LogP contribution in [0.3, 0.4) is 0 Å². The van der Waals surface area contributed by atoms with Crippen LogP contribution in [0, 0.1) is 17.0 Å². The second-order valence-corrected chi connectivity index (χ2v) is 6.30. The van der Waals surface area contributed by atoms with Crippen molar-refractivity contribution in [2.75, 3.05) is 5.32 Å². The summed E-state index contributed by atoms with van der Waals surface area (Å²) < 4.78 is 3.62. The number of aryl methyl sites for hydroxylation is 3. The molecule has 1 fully saturated rings. The van der Waals surface area contributed by atoms with Gasteiger partial charge < -0.3 is 9.88 Å². The molecule has 24 heavy (non-hydrogen) atoms. The third-order valence-electron chi connectivity index (χ3n) is 4.49. The molecule has 0 saturated heterocycles. The zero-order valence-corrected chi connectivity index (χ0v) is 13.8. The van der Waals surface area contributed by atoms with Crippen LogP contribution in [0.15, 0.2) is 18.2 Å². The van der Waals surface area contributed by atoms with Crippen molar-refractivity contribution >= 4 is 28.2 Å². The van der Waals surface area contributed by atoms with Gasteiger partial charge in [0.15, 0.2) is 0 Å². The van der Waals surface area contributed by atoms with Gasteiger partial charge in [-0.15, -0.1) is 0 Å². The molecule has 1 saturated carbocycles. The van der Waals surface area contributed by atoms with E-state index in [0.29, 0.717) is 17.4 Å².